The number of carbonyl (C=O) groups excluding carboxylic acids is 1. The van der Waals surface area contributed by atoms with Gasteiger partial charge in [-0.25, -0.2) is 0 Å². The van der Waals surface area contributed by atoms with Gasteiger partial charge >= 0.3 is 0 Å². The molecule has 0 unspecified atom stereocenters. The van der Waals surface area contributed by atoms with Gasteiger partial charge < -0.3 is 20.9 Å². The van der Waals surface area contributed by atoms with E-state index in [2.05, 4.69) is 21.2 Å². The fraction of sp³-hybridized carbons (Fsp3) is 0.500. The van der Waals surface area contributed by atoms with Crippen LogP contribution in [0.5, 0.6) is 0 Å². The first-order valence-electron chi connectivity index (χ1n) is 4.37. The molecule has 1 aromatic heterocycles. The van der Waals surface area contributed by atoms with Crippen molar-refractivity contribution >= 4 is 17.9 Å². The molecule has 0 saturated carbocycles. The van der Waals surface area contributed by atoms with E-state index in [-0.39, 0.29) is 0 Å². The lowest BCUT2D eigenvalue weighted by Crippen LogP contribution is -2.14. The van der Waals surface area contributed by atoms with E-state index in [0.29, 0.717) is 12.2 Å². The molecule has 1 aromatic rings. The van der Waals surface area contributed by atoms with E-state index in [1.54, 1.807) is 25.9 Å². The normalized spacial score (nSPS) is 9.64. The Hall–Kier alpha value is -1.72. The summed E-state index contributed by atoms with van der Waals surface area (Å²) in [6, 6.07) is 0. The summed E-state index contributed by atoms with van der Waals surface area (Å²) in [5, 5.41) is 10.1. The maximum atomic E-state index is 10.5. The van der Waals surface area contributed by atoms with Gasteiger partial charge in [-0.15, -0.1) is 5.10 Å². The number of hydrogen-bond donors (Lipinski definition) is 3. The Morgan fingerprint density at radius 2 is 2.07 bits per heavy atom. The molecule has 0 spiro atoms. The zero-order chi connectivity index (χ0) is 10.6. The molecule has 1 rings (SSSR count). The van der Waals surface area contributed by atoms with Gasteiger partial charge in [-0.05, 0) is 0 Å². The van der Waals surface area contributed by atoms with Gasteiger partial charge in [0.1, 0.15) is 6.29 Å². The molecule has 14 heavy (non-hydrogen) atoms. The van der Waals surface area contributed by atoms with Gasteiger partial charge in [0.2, 0.25) is 0 Å². The third-order valence-corrected chi connectivity index (χ3v) is 1.96. The van der Waals surface area contributed by atoms with Crippen LogP contribution in [0.3, 0.4) is 0 Å². The smallest absolute Gasteiger partial charge is 0.155 e. The van der Waals surface area contributed by atoms with Crippen molar-refractivity contribution in [1.29, 1.82) is 0 Å². The van der Waals surface area contributed by atoms with Gasteiger partial charge in [0.25, 0.3) is 0 Å². The second-order valence-corrected chi connectivity index (χ2v) is 2.68. The van der Waals surface area contributed by atoms with Crippen LogP contribution in [0.4, 0.5) is 11.6 Å². The van der Waals surface area contributed by atoms with E-state index in [1.807, 2.05) is 0 Å². The molecule has 0 saturated heterocycles. The number of aldehydes is 1. The van der Waals surface area contributed by atoms with Crippen LogP contribution in [0.1, 0.15) is 5.56 Å². The number of carbonyl (C=O) groups is 1. The summed E-state index contributed by atoms with van der Waals surface area (Å²) in [5.41, 5.74) is 3.75. The maximum Gasteiger partial charge on any atom is 0.155 e. The molecule has 3 N–H and O–H groups in total. The van der Waals surface area contributed by atoms with E-state index in [1.165, 1.54) is 0 Å². The lowest BCUT2D eigenvalue weighted by molar-refractivity contribution is -0.107. The number of nitrogens with one attached hydrogen (secondary N) is 3. The number of aromatic nitrogens is 2. The summed E-state index contributed by atoms with van der Waals surface area (Å²) in [7, 11) is 5.33. The summed E-state index contributed by atoms with van der Waals surface area (Å²) in [6.07, 6.45) is 1.20. The molecule has 78 valence electrons. The van der Waals surface area contributed by atoms with Crippen molar-refractivity contribution < 1.29 is 4.79 Å². The Kier molecular flexibility index (Phi) is 3.33. The second-order valence-electron chi connectivity index (χ2n) is 2.68. The molecule has 0 aromatic carbocycles. The predicted octanol–water partition coefficient (Wildman–Crippen LogP) is -0.119. The molecular formula is C8H15N5O. The third kappa shape index (κ3) is 1.63. The van der Waals surface area contributed by atoms with Gasteiger partial charge in [0, 0.05) is 33.1 Å². The molecule has 0 bridgehead atoms. The highest BCUT2D eigenvalue weighted by Crippen LogP contribution is 2.22. The summed E-state index contributed by atoms with van der Waals surface area (Å²) in [5.74, 6) is 1.50. The molecule has 0 aliphatic rings. The van der Waals surface area contributed by atoms with Crippen LogP contribution >= 0.6 is 0 Å². The molecular weight excluding hydrogens is 182 g/mol. The van der Waals surface area contributed by atoms with Crippen LogP contribution in [0.15, 0.2) is 0 Å². The van der Waals surface area contributed by atoms with Crippen LogP contribution in [0.25, 0.3) is 0 Å². The fourth-order valence-electron chi connectivity index (χ4n) is 1.35. The first kappa shape index (κ1) is 10.4. The average Bonchev–Trinajstić information content (AvgIpc) is 2.56. The van der Waals surface area contributed by atoms with Gasteiger partial charge in [0.05, 0.1) is 0 Å². The monoisotopic (exact) mass is 197 g/mol. The minimum atomic E-state index is 0.341. The van der Waals surface area contributed by atoms with Crippen molar-refractivity contribution in [2.75, 3.05) is 37.2 Å². The van der Waals surface area contributed by atoms with Crippen molar-refractivity contribution in [2.24, 2.45) is 0 Å². The van der Waals surface area contributed by atoms with E-state index >= 15 is 0 Å². The minimum Gasteiger partial charge on any atom is -0.371 e. The lowest BCUT2D eigenvalue weighted by Gasteiger charge is -2.05. The number of nitrogens with zero attached hydrogens (tertiary/aromatic N) is 2. The zero-order valence-corrected chi connectivity index (χ0v) is 8.59. The molecule has 6 nitrogen and oxygen atoms in total. The first-order valence-corrected chi connectivity index (χ1v) is 4.37. The summed E-state index contributed by atoms with van der Waals surface area (Å²) < 4.78 is 0. The van der Waals surface area contributed by atoms with Crippen LogP contribution in [0, 0.1) is 0 Å². The molecule has 0 fully saturated rings. The van der Waals surface area contributed by atoms with E-state index in [4.69, 9.17) is 0 Å². The molecule has 0 aliphatic carbocycles. The third-order valence-electron chi connectivity index (χ3n) is 1.96. The van der Waals surface area contributed by atoms with Crippen LogP contribution in [0.2, 0.25) is 0 Å². The van der Waals surface area contributed by atoms with Crippen molar-refractivity contribution in [3.63, 3.8) is 0 Å². The second kappa shape index (κ2) is 4.50. The first-order chi connectivity index (χ1) is 6.78. The molecule has 0 radical (unpaired) electrons. The predicted molar refractivity (Wildman–Crippen MR) is 56.4 cm³/mol. The summed E-state index contributed by atoms with van der Waals surface area (Å²) in [4.78, 5) is 12.1. The van der Waals surface area contributed by atoms with Gasteiger partial charge in [-0.2, -0.15) is 4.79 Å². The maximum absolute atomic E-state index is 10.5. The highest BCUT2D eigenvalue weighted by Gasteiger charge is 2.14. The molecule has 0 atom stereocenters. The Bertz CT molecular complexity index is 320. The van der Waals surface area contributed by atoms with Crippen molar-refractivity contribution in [3.8, 4) is 0 Å². The van der Waals surface area contributed by atoms with Gasteiger partial charge in [0.15, 0.2) is 11.6 Å². The summed E-state index contributed by atoms with van der Waals surface area (Å²) >= 11 is 0. The van der Waals surface area contributed by atoms with Crippen molar-refractivity contribution in [2.45, 2.75) is 6.42 Å². The van der Waals surface area contributed by atoms with E-state index in [9.17, 15) is 4.79 Å². The number of hydrogen-bond acceptors (Lipinski definition) is 5. The Labute approximate surface area is 82.6 Å². The van der Waals surface area contributed by atoms with Gasteiger partial charge in [-0.1, -0.05) is 0 Å². The van der Waals surface area contributed by atoms with Crippen molar-refractivity contribution in [3.05, 3.63) is 5.56 Å². The van der Waals surface area contributed by atoms with Gasteiger partial charge in [-0.3, -0.25) is 0 Å². The van der Waals surface area contributed by atoms with E-state index < -0.39 is 0 Å². The Morgan fingerprint density at radius 3 is 2.50 bits per heavy atom. The Balaban J connectivity index is 3.17. The standard InChI is InChI=1S/C8H15N5O/c1-9-7-6(4-5-14)8(10-2)13(11-3)12-7/h5,10-11H,4H2,1-3H3,(H,9,12). The quantitative estimate of drug-likeness (QED) is 0.574. The molecule has 1 heterocycles. The highest BCUT2D eigenvalue weighted by molar-refractivity contribution is 5.68. The molecule has 0 amide bonds. The van der Waals surface area contributed by atoms with Crippen LogP contribution < -0.4 is 16.1 Å². The topological polar surface area (TPSA) is 71.0 Å². The zero-order valence-electron chi connectivity index (χ0n) is 8.59. The highest BCUT2D eigenvalue weighted by atomic mass is 16.1. The van der Waals surface area contributed by atoms with Crippen molar-refractivity contribution in [1.82, 2.24) is 9.89 Å². The average molecular weight is 197 g/mol. The number of anilines is 2. The largest absolute Gasteiger partial charge is 0.371 e. The Morgan fingerprint density at radius 1 is 1.36 bits per heavy atom. The molecule has 0 aliphatic heterocycles. The molecule has 6 heteroatoms. The van der Waals surface area contributed by atoms with Crippen LogP contribution in [-0.4, -0.2) is 37.3 Å². The number of rotatable bonds is 5. The SMILES string of the molecule is CNc1nn(NC)c(NC)c1CC=O. The van der Waals surface area contributed by atoms with Crippen LogP contribution in [-0.2, 0) is 11.2 Å². The van der Waals surface area contributed by atoms with E-state index in [0.717, 1.165) is 17.7 Å². The fourth-order valence-corrected chi connectivity index (χ4v) is 1.35. The summed E-state index contributed by atoms with van der Waals surface area (Å²) in [6.45, 7) is 0. The minimum absolute atomic E-state index is 0.341. The lowest BCUT2D eigenvalue weighted by atomic mass is 10.2.